The lowest BCUT2D eigenvalue weighted by molar-refractivity contribution is -0.137. The molecule has 2 atom stereocenters. The molecule has 0 fully saturated rings. The molecule has 0 bridgehead atoms. The minimum Gasteiger partial charge on any atom is -0.364 e. The molecule has 0 amide bonds. The summed E-state index contributed by atoms with van der Waals surface area (Å²) in [7, 11) is 0. The highest BCUT2D eigenvalue weighted by molar-refractivity contribution is 5.87. The van der Waals surface area contributed by atoms with E-state index in [2.05, 4.69) is 17.4 Å². The summed E-state index contributed by atoms with van der Waals surface area (Å²) in [6, 6.07) is 25.3. The monoisotopic (exact) mass is 380 g/mol. The standard InChI is InChI=1S/C23H19F3N2/c24-23(25,26)19-13-11-16(12-14-19)15-20-27-21(17-7-3-1-4-8-17)22(28-20)18-9-5-2-6-10-18/h1-14,21-22H,15H2,(H,27,28)/t21-,22+. The molecule has 2 nitrogen and oxygen atoms in total. The molecule has 0 aromatic heterocycles. The van der Waals surface area contributed by atoms with Gasteiger partial charge in [-0.1, -0.05) is 72.8 Å². The third-order valence-electron chi connectivity index (χ3n) is 4.89. The highest BCUT2D eigenvalue weighted by atomic mass is 19.4. The lowest BCUT2D eigenvalue weighted by Gasteiger charge is -2.19. The average Bonchev–Trinajstić information content (AvgIpc) is 3.13. The van der Waals surface area contributed by atoms with Crippen molar-refractivity contribution in [2.75, 3.05) is 0 Å². The quantitative estimate of drug-likeness (QED) is 0.614. The Balaban J connectivity index is 1.59. The minimum absolute atomic E-state index is 0.00644. The van der Waals surface area contributed by atoms with E-state index in [1.165, 1.54) is 12.1 Å². The van der Waals surface area contributed by atoms with Crippen molar-refractivity contribution in [3.05, 3.63) is 107 Å². The van der Waals surface area contributed by atoms with Gasteiger partial charge < -0.3 is 5.32 Å². The van der Waals surface area contributed by atoms with Crippen LogP contribution in [0.3, 0.4) is 0 Å². The number of hydrogen-bond acceptors (Lipinski definition) is 2. The molecule has 0 aliphatic carbocycles. The van der Waals surface area contributed by atoms with Crippen LogP contribution in [0.1, 0.15) is 34.3 Å². The van der Waals surface area contributed by atoms with Crippen LogP contribution in [-0.4, -0.2) is 5.84 Å². The average molecular weight is 380 g/mol. The number of aliphatic imine (C=N–C) groups is 1. The second kappa shape index (κ2) is 7.50. The Morgan fingerprint density at radius 2 is 1.32 bits per heavy atom. The highest BCUT2D eigenvalue weighted by Crippen LogP contribution is 2.36. The van der Waals surface area contributed by atoms with Gasteiger partial charge in [-0.3, -0.25) is 4.99 Å². The van der Waals surface area contributed by atoms with E-state index in [1.54, 1.807) is 0 Å². The van der Waals surface area contributed by atoms with Crippen molar-refractivity contribution in [1.82, 2.24) is 5.32 Å². The largest absolute Gasteiger partial charge is 0.416 e. The maximum absolute atomic E-state index is 12.8. The molecule has 5 heteroatoms. The Kier molecular flexibility index (Phi) is 4.90. The van der Waals surface area contributed by atoms with Crippen LogP contribution in [0, 0.1) is 0 Å². The van der Waals surface area contributed by atoms with Gasteiger partial charge in [0.05, 0.1) is 11.6 Å². The van der Waals surface area contributed by atoms with Crippen molar-refractivity contribution in [2.45, 2.75) is 24.7 Å². The molecular formula is C23H19F3N2. The van der Waals surface area contributed by atoms with Gasteiger partial charge in [0.15, 0.2) is 0 Å². The molecule has 0 saturated carbocycles. The third kappa shape index (κ3) is 3.93. The number of nitrogens with one attached hydrogen (secondary N) is 1. The first-order valence-corrected chi connectivity index (χ1v) is 9.10. The van der Waals surface area contributed by atoms with E-state index in [9.17, 15) is 13.2 Å². The second-order valence-electron chi connectivity index (χ2n) is 6.84. The van der Waals surface area contributed by atoms with Crippen molar-refractivity contribution in [3.8, 4) is 0 Å². The van der Waals surface area contributed by atoms with Crippen LogP contribution in [0.4, 0.5) is 13.2 Å². The molecule has 0 radical (unpaired) electrons. The summed E-state index contributed by atoms with van der Waals surface area (Å²) in [4.78, 5) is 4.87. The Morgan fingerprint density at radius 3 is 1.89 bits per heavy atom. The van der Waals surface area contributed by atoms with Crippen LogP contribution in [0.15, 0.2) is 89.9 Å². The molecule has 0 saturated heterocycles. The number of nitrogens with zero attached hydrogens (tertiary/aromatic N) is 1. The zero-order valence-corrected chi connectivity index (χ0v) is 15.0. The van der Waals surface area contributed by atoms with Crippen molar-refractivity contribution in [2.24, 2.45) is 4.99 Å². The van der Waals surface area contributed by atoms with E-state index in [0.29, 0.717) is 6.42 Å². The molecule has 28 heavy (non-hydrogen) atoms. The first-order valence-electron chi connectivity index (χ1n) is 9.10. The first kappa shape index (κ1) is 18.3. The molecule has 3 aromatic rings. The summed E-state index contributed by atoms with van der Waals surface area (Å²) in [5.41, 5.74) is 2.38. The number of amidine groups is 1. The Bertz CT molecular complexity index is 949. The maximum Gasteiger partial charge on any atom is 0.416 e. The fraction of sp³-hybridized carbons (Fsp3) is 0.174. The fourth-order valence-electron chi connectivity index (χ4n) is 3.48. The van der Waals surface area contributed by atoms with Crippen molar-refractivity contribution in [3.63, 3.8) is 0 Å². The normalized spacial score (nSPS) is 19.2. The van der Waals surface area contributed by atoms with Gasteiger partial charge >= 0.3 is 6.18 Å². The van der Waals surface area contributed by atoms with Crippen molar-refractivity contribution < 1.29 is 13.2 Å². The highest BCUT2D eigenvalue weighted by Gasteiger charge is 2.32. The molecule has 1 aliphatic rings. The number of hydrogen-bond donors (Lipinski definition) is 1. The molecule has 3 aromatic carbocycles. The fourth-order valence-corrected chi connectivity index (χ4v) is 3.48. The van der Waals surface area contributed by atoms with Gasteiger partial charge in [0.2, 0.25) is 0 Å². The molecular weight excluding hydrogens is 361 g/mol. The number of alkyl halides is 3. The lowest BCUT2D eigenvalue weighted by Crippen LogP contribution is -2.25. The van der Waals surface area contributed by atoms with Gasteiger partial charge in [0, 0.05) is 6.42 Å². The molecule has 1 N–H and O–H groups in total. The summed E-state index contributed by atoms with van der Waals surface area (Å²) >= 11 is 0. The Labute approximate surface area is 161 Å². The Hall–Kier alpha value is -3.08. The summed E-state index contributed by atoms with van der Waals surface area (Å²) in [5, 5.41) is 3.48. The SMILES string of the molecule is FC(F)(F)c1ccc(CC2=N[C@@H](c3ccccc3)[C@@H](c3ccccc3)N2)cc1. The summed E-state index contributed by atoms with van der Waals surface area (Å²) < 4.78 is 38.3. The van der Waals surface area contributed by atoms with Gasteiger partial charge in [-0.25, -0.2) is 0 Å². The topological polar surface area (TPSA) is 24.4 Å². The lowest BCUT2D eigenvalue weighted by atomic mass is 9.95. The van der Waals surface area contributed by atoms with Gasteiger partial charge in [-0.15, -0.1) is 0 Å². The molecule has 1 aliphatic heterocycles. The summed E-state index contributed by atoms with van der Waals surface area (Å²) in [6.07, 6.45) is -3.86. The molecule has 4 rings (SSSR count). The third-order valence-corrected chi connectivity index (χ3v) is 4.89. The van der Waals surface area contributed by atoms with E-state index >= 15 is 0 Å². The number of halogens is 3. The van der Waals surface area contributed by atoms with E-state index in [0.717, 1.165) is 34.7 Å². The van der Waals surface area contributed by atoms with E-state index in [4.69, 9.17) is 4.99 Å². The van der Waals surface area contributed by atoms with Crippen molar-refractivity contribution >= 4 is 5.84 Å². The van der Waals surface area contributed by atoms with E-state index in [1.807, 2.05) is 48.5 Å². The van der Waals surface area contributed by atoms with Gasteiger partial charge in [-0.2, -0.15) is 13.2 Å². The van der Waals surface area contributed by atoms with Crippen LogP contribution >= 0.6 is 0 Å². The maximum atomic E-state index is 12.8. The second-order valence-corrected chi connectivity index (χ2v) is 6.84. The first-order chi connectivity index (χ1) is 13.5. The predicted octanol–water partition coefficient (Wildman–Crippen LogP) is 5.73. The summed E-state index contributed by atoms with van der Waals surface area (Å²) in [5.74, 6) is 0.780. The van der Waals surface area contributed by atoms with E-state index in [-0.39, 0.29) is 12.1 Å². The van der Waals surface area contributed by atoms with Crippen LogP contribution in [0.2, 0.25) is 0 Å². The Morgan fingerprint density at radius 1 is 0.750 bits per heavy atom. The van der Waals surface area contributed by atoms with E-state index < -0.39 is 11.7 Å². The molecule has 142 valence electrons. The zero-order valence-electron chi connectivity index (χ0n) is 15.0. The van der Waals surface area contributed by atoms with Crippen LogP contribution in [0.25, 0.3) is 0 Å². The van der Waals surface area contributed by atoms with Crippen LogP contribution in [0.5, 0.6) is 0 Å². The van der Waals surface area contributed by atoms with Crippen LogP contribution in [-0.2, 0) is 12.6 Å². The minimum atomic E-state index is -4.32. The zero-order chi connectivity index (χ0) is 19.6. The molecule has 0 unspecified atom stereocenters. The molecule has 1 heterocycles. The number of benzene rings is 3. The predicted molar refractivity (Wildman–Crippen MR) is 104 cm³/mol. The van der Waals surface area contributed by atoms with Gasteiger partial charge in [0.25, 0.3) is 0 Å². The molecule has 0 spiro atoms. The van der Waals surface area contributed by atoms with Crippen molar-refractivity contribution in [1.29, 1.82) is 0 Å². The smallest absolute Gasteiger partial charge is 0.364 e. The number of rotatable bonds is 4. The summed E-state index contributed by atoms with van der Waals surface area (Å²) in [6.45, 7) is 0. The van der Waals surface area contributed by atoms with Crippen LogP contribution < -0.4 is 5.32 Å². The van der Waals surface area contributed by atoms with Gasteiger partial charge in [0.1, 0.15) is 11.9 Å². The van der Waals surface area contributed by atoms with Gasteiger partial charge in [-0.05, 0) is 28.8 Å².